The summed E-state index contributed by atoms with van der Waals surface area (Å²) in [4.78, 5) is 0. The predicted molar refractivity (Wildman–Crippen MR) is 76.4 cm³/mol. The van der Waals surface area contributed by atoms with E-state index in [0.717, 1.165) is 23.1 Å². The van der Waals surface area contributed by atoms with Crippen molar-refractivity contribution in [1.29, 1.82) is 0 Å². The monoisotopic (exact) mass is 252 g/mol. The maximum atomic E-state index is 5.62. The summed E-state index contributed by atoms with van der Waals surface area (Å²) in [6, 6.07) is 14.3. The van der Waals surface area contributed by atoms with Crippen molar-refractivity contribution in [3.8, 4) is 5.69 Å². The van der Waals surface area contributed by atoms with Gasteiger partial charge in [-0.15, -0.1) is 5.10 Å². The Kier molecular flexibility index (Phi) is 3.01. The second-order valence-corrected chi connectivity index (χ2v) is 4.65. The van der Waals surface area contributed by atoms with Crippen LogP contribution >= 0.6 is 0 Å². The molecule has 3 rings (SSSR count). The fourth-order valence-electron chi connectivity index (χ4n) is 2.25. The molecule has 0 saturated carbocycles. The number of nitrogens with zero attached hydrogens (tertiary/aromatic N) is 3. The fourth-order valence-corrected chi connectivity index (χ4v) is 2.25. The molecule has 1 heterocycles. The summed E-state index contributed by atoms with van der Waals surface area (Å²) in [5, 5.41) is 8.46. The third-order valence-corrected chi connectivity index (χ3v) is 3.29. The zero-order valence-corrected chi connectivity index (χ0v) is 10.9. The van der Waals surface area contributed by atoms with Gasteiger partial charge >= 0.3 is 0 Å². The Morgan fingerprint density at radius 3 is 2.84 bits per heavy atom. The van der Waals surface area contributed by atoms with Gasteiger partial charge in [-0.25, -0.2) is 4.68 Å². The second kappa shape index (κ2) is 4.82. The normalized spacial score (nSPS) is 11.1. The molecule has 0 aliphatic heterocycles. The van der Waals surface area contributed by atoms with Crippen LogP contribution in [0.1, 0.15) is 11.1 Å². The number of hydrogen-bond acceptors (Lipinski definition) is 3. The van der Waals surface area contributed by atoms with Gasteiger partial charge in [0.1, 0.15) is 5.52 Å². The van der Waals surface area contributed by atoms with E-state index in [2.05, 4.69) is 35.4 Å². The van der Waals surface area contributed by atoms with Crippen molar-refractivity contribution in [2.75, 3.05) is 6.54 Å². The van der Waals surface area contributed by atoms with Crippen molar-refractivity contribution in [3.63, 3.8) is 0 Å². The molecule has 3 aromatic rings. The molecule has 0 saturated heterocycles. The number of fused-ring (bicyclic) bond motifs is 1. The summed E-state index contributed by atoms with van der Waals surface area (Å²) < 4.78 is 1.89. The summed E-state index contributed by atoms with van der Waals surface area (Å²) in [5.74, 6) is 0. The molecule has 4 nitrogen and oxygen atoms in total. The first-order valence-electron chi connectivity index (χ1n) is 6.40. The van der Waals surface area contributed by atoms with Crippen molar-refractivity contribution in [2.24, 2.45) is 5.73 Å². The van der Waals surface area contributed by atoms with Crippen molar-refractivity contribution < 1.29 is 0 Å². The molecule has 19 heavy (non-hydrogen) atoms. The highest BCUT2D eigenvalue weighted by Crippen LogP contribution is 2.20. The van der Waals surface area contributed by atoms with Crippen LogP contribution in [0.5, 0.6) is 0 Å². The van der Waals surface area contributed by atoms with E-state index < -0.39 is 0 Å². The van der Waals surface area contributed by atoms with Crippen LogP contribution in [0.15, 0.2) is 42.5 Å². The number of benzene rings is 2. The molecular weight excluding hydrogens is 236 g/mol. The molecule has 2 aromatic carbocycles. The Labute approximate surface area is 111 Å². The number of hydrogen-bond donors (Lipinski definition) is 1. The third kappa shape index (κ3) is 2.11. The third-order valence-electron chi connectivity index (χ3n) is 3.29. The summed E-state index contributed by atoms with van der Waals surface area (Å²) in [5.41, 5.74) is 11.0. The van der Waals surface area contributed by atoms with Crippen molar-refractivity contribution in [2.45, 2.75) is 13.3 Å². The first kappa shape index (κ1) is 11.9. The lowest BCUT2D eigenvalue weighted by Gasteiger charge is -2.09. The molecule has 0 unspecified atom stereocenters. The smallest absolute Gasteiger partial charge is 0.113 e. The quantitative estimate of drug-likeness (QED) is 0.777. The van der Waals surface area contributed by atoms with Crippen LogP contribution in [0.2, 0.25) is 0 Å². The summed E-state index contributed by atoms with van der Waals surface area (Å²) in [6.45, 7) is 2.73. The standard InChI is InChI=1S/C15H16N4/c1-11-6-7-12(8-9-16)10-15(11)19-14-5-3-2-4-13(14)17-18-19/h2-7,10H,8-9,16H2,1H3. The van der Waals surface area contributed by atoms with Gasteiger partial charge in [0.2, 0.25) is 0 Å². The van der Waals surface area contributed by atoms with E-state index in [4.69, 9.17) is 5.73 Å². The van der Waals surface area contributed by atoms with Gasteiger partial charge in [0.15, 0.2) is 0 Å². The molecule has 1 aromatic heterocycles. The zero-order valence-electron chi connectivity index (χ0n) is 10.9. The molecule has 4 heteroatoms. The number of aromatic nitrogens is 3. The van der Waals surface area contributed by atoms with Crippen LogP contribution in [-0.4, -0.2) is 21.5 Å². The van der Waals surface area contributed by atoms with Gasteiger partial charge in [0, 0.05) is 0 Å². The van der Waals surface area contributed by atoms with Crippen LogP contribution in [0, 0.1) is 6.92 Å². The van der Waals surface area contributed by atoms with Gasteiger partial charge in [-0.3, -0.25) is 0 Å². The van der Waals surface area contributed by atoms with Gasteiger partial charge in [0.05, 0.1) is 11.2 Å². The number of aryl methyl sites for hydroxylation is 1. The molecule has 0 aliphatic rings. The van der Waals surface area contributed by atoms with Gasteiger partial charge in [0.25, 0.3) is 0 Å². The maximum absolute atomic E-state index is 5.62. The van der Waals surface area contributed by atoms with Crippen molar-refractivity contribution in [3.05, 3.63) is 53.6 Å². The highest BCUT2D eigenvalue weighted by atomic mass is 15.4. The number of para-hydroxylation sites is 1. The number of nitrogens with two attached hydrogens (primary N) is 1. The molecule has 0 bridgehead atoms. The van der Waals surface area contributed by atoms with Crippen LogP contribution < -0.4 is 5.73 Å². The zero-order chi connectivity index (χ0) is 13.2. The van der Waals surface area contributed by atoms with Gasteiger partial charge in [-0.1, -0.05) is 29.5 Å². The van der Waals surface area contributed by atoms with Crippen molar-refractivity contribution in [1.82, 2.24) is 15.0 Å². The Morgan fingerprint density at radius 1 is 1.16 bits per heavy atom. The molecule has 96 valence electrons. The highest BCUT2D eigenvalue weighted by Gasteiger charge is 2.08. The van der Waals surface area contributed by atoms with E-state index in [0.29, 0.717) is 6.54 Å². The summed E-state index contributed by atoms with van der Waals surface area (Å²) in [7, 11) is 0. The molecule has 0 aliphatic carbocycles. The second-order valence-electron chi connectivity index (χ2n) is 4.65. The Hall–Kier alpha value is -2.20. The Balaban J connectivity index is 2.17. The maximum Gasteiger partial charge on any atom is 0.113 e. The van der Waals surface area contributed by atoms with Crippen molar-refractivity contribution >= 4 is 11.0 Å². The topological polar surface area (TPSA) is 56.7 Å². The van der Waals surface area contributed by atoms with Crippen LogP contribution in [0.4, 0.5) is 0 Å². The van der Waals surface area contributed by atoms with Crippen LogP contribution in [0.3, 0.4) is 0 Å². The van der Waals surface area contributed by atoms with Gasteiger partial charge in [-0.05, 0) is 49.2 Å². The molecule has 2 N–H and O–H groups in total. The summed E-state index contributed by atoms with van der Waals surface area (Å²) >= 11 is 0. The Bertz CT molecular complexity index is 715. The predicted octanol–water partition coefficient (Wildman–Crippen LogP) is 2.23. The fraction of sp³-hybridized carbons (Fsp3) is 0.200. The molecule has 0 radical (unpaired) electrons. The number of rotatable bonds is 3. The largest absolute Gasteiger partial charge is 0.330 e. The van der Waals surface area contributed by atoms with E-state index in [9.17, 15) is 0 Å². The minimum atomic E-state index is 0.653. The van der Waals surface area contributed by atoms with Gasteiger partial charge in [-0.2, -0.15) is 0 Å². The lowest BCUT2D eigenvalue weighted by Crippen LogP contribution is -2.05. The van der Waals surface area contributed by atoms with Crippen LogP contribution in [0.25, 0.3) is 16.7 Å². The first-order chi connectivity index (χ1) is 9.29. The van der Waals surface area contributed by atoms with E-state index in [1.165, 1.54) is 11.1 Å². The minimum Gasteiger partial charge on any atom is -0.330 e. The first-order valence-corrected chi connectivity index (χ1v) is 6.40. The molecule has 0 atom stereocenters. The molecule has 0 spiro atoms. The lowest BCUT2D eigenvalue weighted by molar-refractivity contribution is 0.816. The van der Waals surface area contributed by atoms with Gasteiger partial charge < -0.3 is 5.73 Å². The van der Waals surface area contributed by atoms with E-state index >= 15 is 0 Å². The summed E-state index contributed by atoms with van der Waals surface area (Å²) in [6.07, 6.45) is 0.875. The van der Waals surface area contributed by atoms with E-state index in [1.807, 2.05) is 28.9 Å². The molecule has 0 amide bonds. The average molecular weight is 252 g/mol. The van der Waals surface area contributed by atoms with E-state index in [-0.39, 0.29) is 0 Å². The molecule has 0 fully saturated rings. The average Bonchev–Trinajstić information content (AvgIpc) is 2.85. The van der Waals surface area contributed by atoms with Crippen LogP contribution in [-0.2, 0) is 6.42 Å². The molecular formula is C15H16N4. The minimum absolute atomic E-state index is 0.653. The highest BCUT2D eigenvalue weighted by molar-refractivity contribution is 5.76. The SMILES string of the molecule is Cc1ccc(CCN)cc1-n1nnc2ccccc21. The Morgan fingerprint density at radius 2 is 2.00 bits per heavy atom. The van der Waals surface area contributed by atoms with E-state index in [1.54, 1.807) is 0 Å². The lowest BCUT2D eigenvalue weighted by atomic mass is 10.1.